The molecule has 0 atom stereocenters. The van der Waals surface area contributed by atoms with Crippen LogP contribution in [-0.2, 0) is 19.7 Å². The van der Waals surface area contributed by atoms with E-state index in [1.54, 1.807) is 4.90 Å². The third-order valence-corrected chi connectivity index (χ3v) is 8.39. The van der Waals surface area contributed by atoms with Crippen LogP contribution in [0.3, 0.4) is 0 Å². The first-order valence-corrected chi connectivity index (χ1v) is 16.0. The standard InChI is InChI=1S/C35H49N5O5/c1-33(2,3)27-16-14-26(15-17-27)30(42)38-22-18-35(19-23-38)31(43)39(25-40(35)28-12-8-7-9-13-28)24-29(41)36-20-10-11-21-37-32(44)45-34(4,5)6/h7-9,12-17H,10-11,18-25H2,1-6H3,(H,36,41)(H,37,44). The van der Waals surface area contributed by atoms with Crippen molar-refractivity contribution in [2.45, 2.75) is 83.8 Å². The highest BCUT2D eigenvalue weighted by molar-refractivity contribution is 5.97. The van der Waals surface area contributed by atoms with Crippen molar-refractivity contribution in [2.75, 3.05) is 44.3 Å². The number of piperidine rings is 1. The second-order valence-corrected chi connectivity index (χ2v) is 14.0. The van der Waals surface area contributed by atoms with Crippen LogP contribution in [-0.4, -0.2) is 84.1 Å². The van der Waals surface area contributed by atoms with Gasteiger partial charge in [-0.15, -0.1) is 0 Å². The monoisotopic (exact) mass is 619 g/mol. The molecule has 2 saturated heterocycles. The number of benzene rings is 2. The van der Waals surface area contributed by atoms with Gasteiger partial charge < -0.3 is 30.1 Å². The number of hydrogen-bond donors (Lipinski definition) is 2. The van der Waals surface area contributed by atoms with Gasteiger partial charge in [-0.25, -0.2) is 4.79 Å². The Kier molecular flexibility index (Phi) is 10.5. The molecule has 0 aromatic heterocycles. The van der Waals surface area contributed by atoms with Crippen molar-refractivity contribution in [3.63, 3.8) is 0 Å². The van der Waals surface area contributed by atoms with Crippen LogP contribution in [0, 0.1) is 0 Å². The molecule has 10 nitrogen and oxygen atoms in total. The quantitative estimate of drug-likeness (QED) is 0.394. The molecule has 0 bridgehead atoms. The van der Waals surface area contributed by atoms with E-state index in [9.17, 15) is 19.2 Å². The van der Waals surface area contributed by atoms with E-state index >= 15 is 0 Å². The number of carbonyl (C=O) groups is 4. The molecule has 2 N–H and O–H groups in total. The molecule has 2 fully saturated rings. The maximum absolute atomic E-state index is 14.0. The lowest BCUT2D eigenvalue weighted by Crippen LogP contribution is -2.57. The number of amides is 4. The van der Waals surface area contributed by atoms with Gasteiger partial charge in [0, 0.05) is 37.4 Å². The number of nitrogens with one attached hydrogen (secondary N) is 2. The Bertz CT molecular complexity index is 1340. The maximum Gasteiger partial charge on any atom is 0.407 e. The molecule has 0 unspecified atom stereocenters. The summed E-state index contributed by atoms with van der Waals surface area (Å²) in [5, 5.41) is 5.62. The van der Waals surface area contributed by atoms with Crippen LogP contribution in [0.15, 0.2) is 54.6 Å². The average molecular weight is 620 g/mol. The zero-order valence-electron chi connectivity index (χ0n) is 27.7. The first-order valence-electron chi connectivity index (χ1n) is 16.0. The third-order valence-electron chi connectivity index (χ3n) is 8.39. The molecule has 0 saturated carbocycles. The maximum atomic E-state index is 14.0. The second kappa shape index (κ2) is 13.9. The first kappa shape index (κ1) is 33.8. The fraction of sp³-hybridized carbons (Fsp3) is 0.543. The summed E-state index contributed by atoms with van der Waals surface area (Å²) in [6.07, 6.45) is 1.87. The molecular weight excluding hydrogens is 570 g/mol. The van der Waals surface area contributed by atoms with Gasteiger partial charge in [-0.2, -0.15) is 0 Å². The molecule has 2 aliphatic rings. The number of rotatable bonds is 9. The average Bonchev–Trinajstić information content (AvgIpc) is 3.24. The number of para-hydroxylation sites is 1. The summed E-state index contributed by atoms with van der Waals surface area (Å²) in [7, 11) is 0. The molecule has 244 valence electrons. The van der Waals surface area contributed by atoms with E-state index in [0.29, 0.717) is 64.1 Å². The fourth-order valence-corrected chi connectivity index (χ4v) is 5.91. The van der Waals surface area contributed by atoms with Gasteiger partial charge in [0.05, 0.1) is 6.67 Å². The molecule has 0 radical (unpaired) electrons. The first-order chi connectivity index (χ1) is 21.2. The number of ether oxygens (including phenoxy) is 1. The number of unbranched alkanes of at least 4 members (excludes halogenated alkanes) is 1. The van der Waals surface area contributed by atoms with E-state index in [1.807, 2.05) is 80.3 Å². The SMILES string of the molecule is CC(C)(C)OC(=O)NCCCCNC(=O)CN1CN(c2ccccc2)C2(CCN(C(=O)c3ccc(C(C)(C)C)cc3)CC2)C1=O. The van der Waals surface area contributed by atoms with E-state index in [-0.39, 0.29) is 29.7 Å². The Morgan fingerprint density at radius 2 is 1.44 bits per heavy atom. The zero-order chi connectivity index (χ0) is 32.8. The van der Waals surface area contributed by atoms with Crippen molar-refractivity contribution in [1.82, 2.24) is 20.4 Å². The minimum Gasteiger partial charge on any atom is -0.444 e. The van der Waals surface area contributed by atoms with Crippen molar-refractivity contribution in [3.8, 4) is 0 Å². The lowest BCUT2D eigenvalue weighted by Gasteiger charge is -2.43. The van der Waals surface area contributed by atoms with Gasteiger partial charge in [0.1, 0.15) is 17.7 Å². The molecule has 2 aliphatic heterocycles. The summed E-state index contributed by atoms with van der Waals surface area (Å²) in [5.41, 5.74) is 1.38. The van der Waals surface area contributed by atoms with Gasteiger partial charge in [0.2, 0.25) is 5.91 Å². The third kappa shape index (κ3) is 8.55. The molecule has 2 aromatic rings. The van der Waals surface area contributed by atoms with E-state index in [1.165, 1.54) is 5.56 Å². The number of nitrogens with zero attached hydrogens (tertiary/aromatic N) is 3. The van der Waals surface area contributed by atoms with Crippen molar-refractivity contribution in [2.24, 2.45) is 0 Å². The van der Waals surface area contributed by atoms with Crippen molar-refractivity contribution < 1.29 is 23.9 Å². The van der Waals surface area contributed by atoms with E-state index in [2.05, 4.69) is 36.3 Å². The second-order valence-electron chi connectivity index (χ2n) is 14.0. The largest absolute Gasteiger partial charge is 0.444 e. The van der Waals surface area contributed by atoms with Gasteiger partial charge in [-0.1, -0.05) is 51.1 Å². The minimum absolute atomic E-state index is 0.00624. The van der Waals surface area contributed by atoms with Crippen molar-refractivity contribution in [1.29, 1.82) is 0 Å². The molecule has 0 aliphatic carbocycles. The Morgan fingerprint density at radius 3 is 2.02 bits per heavy atom. The number of anilines is 1. The summed E-state index contributed by atoms with van der Waals surface area (Å²) in [6.45, 7) is 13.9. The predicted molar refractivity (Wildman–Crippen MR) is 175 cm³/mol. The van der Waals surface area contributed by atoms with Gasteiger partial charge in [-0.3, -0.25) is 14.4 Å². The number of likely N-dealkylation sites (tertiary alicyclic amines) is 1. The Labute approximate surface area is 267 Å². The molecule has 4 rings (SSSR count). The van der Waals surface area contributed by atoms with Gasteiger partial charge >= 0.3 is 6.09 Å². The molecule has 2 heterocycles. The molecule has 10 heteroatoms. The van der Waals surface area contributed by atoms with E-state index in [0.717, 1.165) is 5.69 Å². The zero-order valence-corrected chi connectivity index (χ0v) is 27.7. The summed E-state index contributed by atoms with van der Waals surface area (Å²) in [6, 6.07) is 17.6. The number of alkyl carbamates (subject to hydrolysis) is 1. The fourth-order valence-electron chi connectivity index (χ4n) is 5.91. The molecule has 45 heavy (non-hydrogen) atoms. The van der Waals surface area contributed by atoms with Gasteiger partial charge in [0.15, 0.2) is 0 Å². The highest BCUT2D eigenvalue weighted by Crippen LogP contribution is 2.39. The topological polar surface area (TPSA) is 111 Å². The van der Waals surface area contributed by atoms with Crippen LogP contribution in [0.1, 0.15) is 83.1 Å². The van der Waals surface area contributed by atoms with Crippen LogP contribution >= 0.6 is 0 Å². The van der Waals surface area contributed by atoms with Crippen LogP contribution in [0.5, 0.6) is 0 Å². The molecule has 1 spiro atoms. The summed E-state index contributed by atoms with van der Waals surface area (Å²) >= 11 is 0. The minimum atomic E-state index is -0.818. The summed E-state index contributed by atoms with van der Waals surface area (Å²) in [4.78, 5) is 57.6. The van der Waals surface area contributed by atoms with E-state index < -0.39 is 17.2 Å². The molecule has 4 amide bonds. The highest BCUT2D eigenvalue weighted by Gasteiger charge is 2.54. The summed E-state index contributed by atoms with van der Waals surface area (Å²) < 4.78 is 5.23. The highest BCUT2D eigenvalue weighted by atomic mass is 16.6. The van der Waals surface area contributed by atoms with Crippen molar-refractivity contribution in [3.05, 3.63) is 65.7 Å². The lowest BCUT2D eigenvalue weighted by atomic mass is 9.84. The lowest BCUT2D eigenvalue weighted by molar-refractivity contribution is -0.137. The van der Waals surface area contributed by atoms with Gasteiger partial charge in [-0.05, 0) is 81.7 Å². The van der Waals surface area contributed by atoms with E-state index in [4.69, 9.17) is 4.74 Å². The number of carbonyl (C=O) groups excluding carboxylic acids is 4. The normalized spacial score (nSPS) is 16.6. The number of hydrogen-bond acceptors (Lipinski definition) is 6. The van der Waals surface area contributed by atoms with Crippen LogP contribution in [0.2, 0.25) is 0 Å². The smallest absolute Gasteiger partial charge is 0.407 e. The summed E-state index contributed by atoms with van der Waals surface area (Å²) in [5.74, 6) is -0.330. The molecule has 2 aromatic carbocycles. The Hall–Kier alpha value is -4.08. The Morgan fingerprint density at radius 1 is 0.844 bits per heavy atom. The van der Waals surface area contributed by atoms with Crippen LogP contribution in [0.25, 0.3) is 0 Å². The molecular formula is C35H49N5O5. The van der Waals surface area contributed by atoms with Crippen LogP contribution in [0.4, 0.5) is 10.5 Å². The Balaban J connectivity index is 1.33. The van der Waals surface area contributed by atoms with Crippen molar-refractivity contribution >= 4 is 29.5 Å². The van der Waals surface area contributed by atoms with Gasteiger partial charge in [0.25, 0.3) is 11.8 Å². The predicted octanol–water partition coefficient (Wildman–Crippen LogP) is 4.69. The van der Waals surface area contributed by atoms with Crippen LogP contribution < -0.4 is 15.5 Å².